The molecule has 0 aliphatic carbocycles. The van der Waals surface area contributed by atoms with Crippen molar-refractivity contribution in [1.82, 2.24) is 25.5 Å². The van der Waals surface area contributed by atoms with Gasteiger partial charge in [-0.05, 0) is 29.8 Å². The Bertz CT molecular complexity index is 901. The molecule has 1 unspecified atom stereocenters. The van der Waals surface area contributed by atoms with Gasteiger partial charge in [0.25, 0.3) is 0 Å². The Labute approximate surface area is 178 Å². The van der Waals surface area contributed by atoms with Crippen molar-refractivity contribution in [1.29, 1.82) is 0 Å². The Morgan fingerprint density at radius 1 is 1.14 bits per heavy atom. The molecule has 1 aliphatic heterocycles. The highest BCUT2D eigenvalue weighted by Gasteiger charge is 2.22. The molecule has 2 aromatic carbocycles. The van der Waals surface area contributed by atoms with Crippen LogP contribution in [0.25, 0.3) is 0 Å². The highest BCUT2D eigenvalue weighted by Crippen LogP contribution is 2.27. The van der Waals surface area contributed by atoms with Gasteiger partial charge >= 0.3 is 0 Å². The number of nitrogens with zero attached hydrogens (tertiary/aromatic N) is 4. The van der Waals surface area contributed by atoms with Crippen molar-refractivity contribution < 1.29 is 9.47 Å². The third-order valence-electron chi connectivity index (χ3n) is 4.89. The van der Waals surface area contributed by atoms with Crippen molar-refractivity contribution in [2.75, 3.05) is 26.2 Å². The van der Waals surface area contributed by atoms with Gasteiger partial charge in [-0.2, -0.15) is 5.21 Å². The quantitative estimate of drug-likeness (QED) is 0.611. The highest BCUT2D eigenvalue weighted by molar-refractivity contribution is 6.35. The standard InChI is InChI=1S/C20H21Cl2N5O2/c21-17-2-1-3-18(22)16(17)13-29-15-6-4-14(5-7-15)19-12-27(10-11-28-19)9-8-20-23-25-26-24-20/h1-7,19H,8-13H2,(H,23,24,25,26). The van der Waals surface area contributed by atoms with E-state index in [9.17, 15) is 0 Å². The van der Waals surface area contributed by atoms with E-state index in [0.29, 0.717) is 23.3 Å². The van der Waals surface area contributed by atoms with Crippen LogP contribution in [-0.4, -0.2) is 51.8 Å². The molecule has 1 aromatic heterocycles. The van der Waals surface area contributed by atoms with Crippen LogP contribution in [0.5, 0.6) is 5.75 Å². The zero-order valence-electron chi connectivity index (χ0n) is 15.7. The van der Waals surface area contributed by atoms with E-state index in [1.54, 1.807) is 12.1 Å². The number of ether oxygens (including phenoxy) is 2. The second kappa shape index (κ2) is 9.54. The molecule has 1 saturated heterocycles. The van der Waals surface area contributed by atoms with E-state index in [0.717, 1.165) is 48.8 Å². The lowest BCUT2D eigenvalue weighted by Crippen LogP contribution is -2.39. The summed E-state index contributed by atoms with van der Waals surface area (Å²) in [5, 5.41) is 15.3. The third-order valence-corrected chi connectivity index (χ3v) is 5.60. The number of hydrogen-bond acceptors (Lipinski definition) is 6. The number of halogens is 2. The van der Waals surface area contributed by atoms with Crippen molar-refractivity contribution >= 4 is 23.2 Å². The van der Waals surface area contributed by atoms with Crippen LogP contribution in [-0.2, 0) is 17.8 Å². The van der Waals surface area contributed by atoms with Crippen LogP contribution in [0, 0.1) is 0 Å². The summed E-state index contributed by atoms with van der Waals surface area (Å²) in [7, 11) is 0. The number of tetrazole rings is 1. The topological polar surface area (TPSA) is 76.2 Å². The maximum atomic E-state index is 6.20. The van der Waals surface area contributed by atoms with Gasteiger partial charge in [0.1, 0.15) is 12.4 Å². The molecule has 7 nitrogen and oxygen atoms in total. The Balaban J connectivity index is 1.32. The molecule has 3 aromatic rings. The van der Waals surface area contributed by atoms with Gasteiger partial charge in [0.05, 0.1) is 12.7 Å². The van der Waals surface area contributed by atoms with E-state index in [1.165, 1.54) is 0 Å². The first-order valence-corrected chi connectivity index (χ1v) is 10.2. The predicted molar refractivity (Wildman–Crippen MR) is 110 cm³/mol. The van der Waals surface area contributed by atoms with Crippen molar-refractivity contribution in [2.45, 2.75) is 19.1 Å². The summed E-state index contributed by atoms with van der Waals surface area (Å²) < 4.78 is 11.8. The van der Waals surface area contributed by atoms with Gasteiger partial charge in [-0.1, -0.05) is 46.6 Å². The predicted octanol–water partition coefficient (Wildman–Crippen LogP) is 3.70. The monoisotopic (exact) mass is 433 g/mol. The molecule has 4 rings (SSSR count). The fourth-order valence-electron chi connectivity index (χ4n) is 3.26. The third kappa shape index (κ3) is 5.25. The summed E-state index contributed by atoms with van der Waals surface area (Å²) in [6, 6.07) is 13.4. The highest BCUT2D eigenvalue weighted by atomic mass is 35.5. The lowest BCUT2D eigenvalue weighted by Gasteiger charge is -2.33. The van der Waals surface area contributed by atoms with Crippen LogP contribution in [0.15, 0.2) is 42.5 Å². The molecule has 1 fully saturated rings. The van der Waals surface area contributed by atoms with Gasteiger partial charge in [-0.15, -0.1) is 10.2 Å². The molecule has 0 amide bonds. The normalized spacial score (nSPS) is 17.4. The van der Waals surface area contributed by atoms with Crippen LogP contribution in [0.4, 0.5) is 0 Å². The lowest BCUT2D eigenvalue weighted by molar-refractivity contribution is -0.0297. The smallest absolute Gasteiger partial charge is 0.175 e. The van der Waals surface area contributed by atoms with Gasteiger partial charge in [0.2, 0.25) is 0 Å². The number of H-pyrrole nitrogens is 1. The first kappa shape index (κ1) is 20.1. The zero-order chi connectivity index (χ0) is 20.1. The number of aromatic amines is 1. The number of rotatable bonds is 7. The van der Waals surface area contributed by atoms with E-state index in [4.69, 9.17) is 32.7 Å². The van der Waals surface area contributed by atoms with Gasteiger partial charge in [0, 0.05) is 41.7 Å². The minimum Gasteiger partial charge on any atom is -0.489 e. The van der Waals surface area contributed by atoms with Gasteiger partial charge in [0.15, 0.2) is 5.82 Å². The average molecular weight is 434 g/mol. The van der Waals surface area contributed by atoms with Gasteiger partial charge < -0.3 is 9.47 Å². The number of morpholine rings is 1. The first-order chi connectivity index (χ1) is 14.2. The summed E-state index contributed by atoms with van der Waals surface area (Å²) in [4.78, 5) is 2.36. The molecule has 0 bridgehead atoms. The minimum atomic E-state index is 0.0288. The summed E-state index contributed by atoms with van der Waals surface area (Å²) in [5.74, 6) is 1.49. The average Bonchev–Trinajstić information content (AvgIpc) is 3.26. The van der Waals surface area contributed by atoms with Crippen molar-refractivity contribution in [2.24, 2.45) is 0 Å². The van der Waals surface area contributed by atoms with Crippen molar-refractivity contribution in [3.05, 3.63) is 69.5 Å². The fourth-order valence-corrected chi connectivity index (χ4v) is 3.76. The number of benzene rings is 2. The fraction of sp³-hybridized carbons (Fsp3) is 0.350. The summed E-state index contributed by atoms with van der Waals surface area (Å²) >= 11 is 12.4. The van der Waals surface area contributed by atoms with Crippen LogP contribution < -0.4 is 4.74 Å². The van der Waals surface area contributed by atoms with Crippen LogP contribution in [0.2, 0.25) is 10.0 Å². The molecule has 0 radical (unpaired) electrons. The molecular weight excluding hydrogens is 413 g/mol. The molecule has 0 saturated carbocycles. The van der Waals surface area contributed by atoms with E-state index in [-0.39, 0.29) is 6.10 Å². The molecule has 1 aliphatic rings. The summed E-state index contributed by atoms with van der Waals surface area (Å²) in [5.41, 5.74) is 1.91. The summed E-state index contributed by atoms with van der Waals surface area (Å²) in [6.07, 6.45) is 0.793. The zero-order valence-corrected chi connectivity index (χ0v) is 17.2. The van der Waals surface area contributed by atoms with Crippen LogP contribution >= 0.6 is 23.2 Å². The second-order valence-corrected chi connectivity index (χ2v) is 7.61. The Kier molecular flexibility index (Phi) is 6.61. The van der Waals surface area contributed by atoms with Gasteiger partial charge in [-0.25, -0.2) is 0 Å². The number of nitrogens with one attached hydrogen (secondary N) is 1. The molecule has 152 valence electrons. The van der Waals surface area contributed by atoms with E-state index in [1.807, 2.05) is 30.3 Å². The molecular formula is C20H21Cl2N5O2. The maximum absolute atomic E-state index is 6.20. The van der Waals surface area contributed by atoms with E-state index < -0.39 is 0 Å². The van der Waals surface area contributed by atoms with Crippen molar-refractivity contribution in [3.8, 4) is 5.75 Å². The minimum absolute atomic E-state index is 0.0288. The maximum Gasteiger partial charge on any atom is 0.175 e. The molecule has 29 heavy (non-hydrogen) atoms. The van der Waals surface area contributed by atoms with Crippen LogP contribution in [0.3, 0.4) is 0 Å². The Hall–Kier alpha value is -2.19. The van der Waals surface area contributed by atoms with E-state index in [2.05, 4.69) is 25.5 Å². The second-order valence-electron chi connectivity index (χ2n) is 6.80. The number of aromatic nitrogens is 4. The van der Waals surface area contributed by atoms with Gasteiger partial charge in [-0.3, -0.25) is 4.90 Å². The molecule has 1 atom stereocenters. The van der Waals surface area contributed by atoms with E-state index >= 15 is 0 Å². The Morgan fingerprint density at radius 3 is 2.66 bits per heavy atom. The molecule has 2 heterocycles. The summed E-state index contributed by atoms with van der Waals surface area (Å²) in [6.45, 7) is 3.61. The van der Waals surface area contributed by atoms with Crippen LogP contribution in [0.1, 0.15) is 23.1 Å². The largest absolute Gasteiger partial charge is 0.489 e. The molecule has 0 spiro atoms. The lowest BCUT2D eigenvalue weighted by atomic mass is 10.1. The first-order valence-electron chi connectivity index (χ1n) is 9.41. The van der Waals surface area contributed by atoms with Crippen molar-refractivity contribution in [3.63, 3.8) is 0 Å². The Morgan fingerprint density at radius 2 is 1.93 bits per heavy atom. The number of hydrogen-bond donors (Lipinski definition) is 1. The SMILES string of the molecule is Clc1cccc(Cl)c1COc1ccc(C2CN(CCc3nn[nH]n3)CCO2)cc1. The molecule has 1 N–H and O–H groups in total. The molecule has 9 heteroatoms.